The fourth-order valence-electron chi connectivity index (χ4n) is 2.83. The SMILES string of the molecule is CCOC(=O)c1cccc(NC(=O)C2CCN(C(=O)OC(C)(C)C)CC2)c1. The van der Waals surface area contributed by atoms with Crippen molar-refractivity contribution < 1.29 is 23.9 Å². The van der Waals surface area contributed by atoms with Gasteiger partial charge in [-0.2, -0.15) is 0 Å². The second-order valence-electron chi connectivity index (χ2n) is 7.53. The molecule has 1 aliphatic rings. The summed E-state index contributed by atoms with van der Waals surface area (Å²) in [7, 11) is 0. The summed E-state index contributed by atoms with van der Waals surface area (Å²) in [5, 5.41) is 2.85. The highest BCUT2D eigenvalue weighted by Crippen LogP contribution is 2.22. The van der Waals surface area contributed by atoms with Gasteiger partial charge < -0.3 is 19.7 Å². The highest BCUT2D eigenvalue weighted by atomic mass is 16.6. The van der Waals surface area contributed by atoms with E-state index in [0.717, 1.165) is 0 Å². The van der Waals surface area contributed by atoms with Crippen LogP contribution in [0.4, 0.5) is 10.5 Å². The van der Waals surface area contributed by atoms with Crippen molar-refractivity contribution in [1.82, 2.24) is 4.90 Å². The van der Waals surface area contributed by atoms with Gasteiger partial charge in [-0.3, -0.25) is 4.79 Å². The smallest absolute Gasteiger partial charge is 0.410 e. The third-order valence-electron chi connectivity index (χ3n) is 4.16. The monoisotopic (exact) mass is 376 g/mol. The Morgan fingerprint density at radius 2 is 1.85 bits per heavy atom. The van der Waals surface area contributed by atoms with E-state index in [2.05, 4.69) is 5.32 Å². The van der Waals surface area contributed by atoms with Gasteiger partial charge in [0.2, 0.25) is 5.91 Å². The minimum absolute atomic E-state index is 0.111. The molecule has 0 atom stereocenters. The van der Waals surface area contributed by atoms with Crippen molar-refractivity contribution in [1.29, 1.82) is 0 Å². The molecule has 1 N–H and O–H groups in total. The van der Waals surface area contributed by atoms with Crippen LogP contribution in [0.25, 0.3) is 0 Å². The van der Waals surface area contributed by atoms with Crippen LogP contribution in [0.3, 0.4) is 0 Å². The molecule has 7 nitrogen and oxygen atoms in total. The number of amides is 2. The van der Waals surface area contributed by atoms with E-state index in [-0.39, 0.29) is 17.9 Å². The van der Waals surface area contributed by atoms with Gasteiger partial charge in [-0.25, -0.2) is 9.59 Å². The molecule has 0 saturated carbocycles. The van der Waals surface area contributed by atoms with Crippen LogP contribution in [-0.2, 0) is 14.3 Å². The molecule has 0 bridgehead atoms. The summed E-state index contributed by atoms with van der Waals surface area (Å²) < 4.78 is 10.3. The molecule has 1 fully saturated rings. The maximum atomic E-state index is 12.5. The molecular formula is C20H28N2O5. The van der Waals surface area contributed by atoms with Gasteiger partial charge in [0.15, 0.2) is 0 Å². The van der Waals surface area contributed by atoms with Crippen LogP contribution in [-0.4, -0.2) is 48.2 Å². The van der Waals surface area contributed by atoms with Crippen LogP contribution in [0.5, 0.6) is 0 Å². The predicted molar refractivity (Wildman–Crippen MR) is 102 cm³/mol. The first-order chi connectivity index (χ1) is 12.7. The largest absolute Gasteiger partial charge is 0.462 e. The lowest BCUT2D eigenvalue weighted by molar-refractivity contribution is -0.121. The van der Waals surface area contributed by atoms with Gasteiger partial charge in [-0.1, -0.05) is 6.07 Å². The second-order valence-corrected chi connectivity index (χ2v) is 7.53. The van der Waals surface area contributed by atoms with Crippen LogP contribution in [0.1, 0.15) is 50.9 Å². The summed E-state index contributed by atoms with van der Waals surface area (Å²) in [6.07, 6.45) is 0.800. The van der Waals surface area contributed by atoms with Crippen molar-refractivity contribution in [3.8, 4) is 0 Å². The van der Waals surface area contributed by atoms with Gasteiger partial charge in [0.25, 0.3) is 0 Å². The van der Waals surface area contributed by atoms with Crippen molar-refractivity contribution in [3.63, 3.8) is 0 Å². The number of esters is 1. The third-order valence-corrected chi connectivity index (χ3v) is 4.16. The molecule has 0 unspecified atom stereocenters. The van der Waals surface area contributed by atoms with Crippen molar-refractivity contribution in [3.05, 3.63) is 29.8 Å². The highest BCUT2D eigenvalue weighted by molar-refractivity contribution is 5.95. The zero-order valence-electron chi connectivity index (χ0n) is 16.4. The number of nitrogens with zero attached hydrogens (tertiary/aromatic N) is 1. The van der Waals surface area contributed by atoms with Crippen LogP contribution in [0, 0.1) is 5.92 Å². The Labute approximate surface area is 160 Å². The Morgan fingerprint density at radius 3 is 2.44 bits per heavy atom. The number of carbonyl (C=O) groups excluding carboxylic acids is 3. The first kappa shape index (κ1) is 20.7. The number of likely N-dealkylation sites (tertiary alicyclic amines) is 1. The zero-order valence-corrected chi connectivity index (χ0v) is 16.4. The fourth-order valence-corrected chi connectivity index (χ4v) is 2.83. The maximum absolute atomic E-state index is 12.5. The van der Waals surface area contributed by atoms with Crippen molar-refractivity contribution in [2.24, 2.45) is 5.92 Å². The number of anilines is 1. The Morgan fingerprint density at radius 1 is 1.19 bits per heavy atom. The Kier molecular flexibility index (Phi) is 6.82. The average Bonchev–Trinajstić information content (AvgIpc) is 2.61. The summed E-state index contributed by atoms with van der Waals surface area (Å²) in [5.41, 5.74) is 0.421. The van der Waals surface area contributed by atoms with E-state index >= 15 is 0 Å². The van der Waals surface area contributed by atoms with Crippen molar-refractivity contribution in [2.45, 2.75) is 46.1 Å². The van der Waals surface area contributed by atoms with Crippen molar-refractivity contribution in [2.75, 3.05) is 25.0 Å². The molecule has 1 aliphatic heterocycles. The summed E-state index contributed by atoms with van der Waals surface area (Å²) in [5.74, 6) is -0.714. The van der Waals surface area contributed by atoms with Gasteiger partial charge in [0.1, 0.15) is 5.60 Å². The first-order valence-corrected chi connectivity index (χ1v) is 9.25. The molecule has 1 heterocycles. The second kappa shape index (κ2) is 8.88. The van der Waals surface area contributed by atoms with E-state index in [9.17, 15) is 14.4 Å². The maximum Gasteiger partial charge on any atom is 0.410 e. The molecule has 27 heavy (non-hydrogen) atoms. The van der Waals surface area contributed by atoms with E-state index in [0.29, 0.717) is 43.8 Å². The Bertz CT molecular complexity index is 688. The van der Waals surface area contributed by atoms with Crippen LogP contribution in [0.15, 0.2) is 24.3 Å². The summed E-state index contributed by atoms with van der Waals surface area (Å²) in [6, 6.07) is 6.68. The minimum Gasteiger partial charge on any atom is -0.462 e. The molecule has 0 radical (unpaired) electrons. The molecule has 148 valence electrons. The zero-order chi connectivity index (χ0) is 20.0. The Hall–Kier alpha value is -2.57. The number of hydrogen-bond acceptors (Lipinski definition) is 5. The van der Waals surface area contributed by atoms with E-state index < -0.39 is 11.6 Å². The van der Waals surface area contributed by atoms with E-state index in [4.69, 9.17) is 9.47 Å². The number of nitrogens with one attached hydrogen (secondary N) is 1. The van der Waals surface area contributed by atoms with Crippen molar-refractivity contribution >= 4 is 23.7 Å². The molecule has 0 aromatic heterocycles. The number of benzene rings is 1. The molecule has 2 rings (SSSR count). The molecule has 7 heteroatoms. The molecule has 2 amide bonds. The van der Waals surface area contributed by atoms with Gasteiger partial charge in [0.05, 0.1) is 12.2 Å². The first-order valence-electron chi connectivity index (χ1n) is 9.25. The van der Waals surface area contributed by atoms with Crippen LogP contribution >= 0.6 is 0 Å². The highest BCUT2D eigenvalue weighted by Gasteiger charge is 2.30. The van der Waals surface area contributed by atoms with Gasteiger partial charge >= 0.3 is 12.1 Å². The lowest BCUT2D eigenvalue weighted by atomic mass is 9.96. The number of piperidine rings is 1. The van der Waals surface area contributed by atoms with E-state index in [1.54, 1.807) is 36.1 Å². The standard InChI is InChI=1S/C20H28N2O5/c1-5-26-18(24)15-7-6-8-16(13-15)21-17(23)14-9-11-22(12-10-14)19(25)27-20(2,3)4/h6-8,13-14H,5,9-12H2,1-4H3,(H,21,23). The van der Waals surface area contributed by atoms with E-state index in [1.807, 2.05) is 20.8 Å². The van der Waals surface area contributed by atoms with E-state index in [1.165, 1.54) is 0 Å². The van der Waals surface area contributed by atoms with Gasteiger partial charge in [-0.15, -0.1) is 0 Å². The molecule has 1 aromatic rings. The quantitative estimate of drug-likeness (QED) is 0.814. The number of hydrogen-bond donors (Lipinski definition) is 1. The summed E-state index contributed by atoms with van der Waals surface area (Å²) >= 11 is 0. The number of rotatable bonds is 4. The molecule has 0 spiro atoms. The topological polar surface area (TPSA) is 84.9 Å². The number of carbonyl (C=O) groups is 3. The fraction of sp³-hybridized carbons (Fsp3) is 0.550. The summed E-state index contributed by atoms with van der Waals surface area (Å²) in [4.78, 5) is 38.0. The minimum atomic E-state index is -0.532. The molecule has 0 aliphatic carbocycles. The molecule has 1 saturated heterocycles. The lowest BCUT2D eigenvalue weighted by Gasteiger charge is -2.32. The molecule has 1 aromatic carbocycles. The van der Waals surface area contributed by atoms with Crippen LogP contribution < -0.4 is 5.32 Å². The normalized spacial score (nSPS) is 15.2. The third kappa shape index (κ3) is 6.27. The van der Waals surface area contributed by atoms with Gasteiger partial charge in [0, 0.05) is 24.7 Å². The average molecular weight is 376 g/mol. The summed E-state index contributed by atoms with van der Waals surface area (Å²) in [6.45, 7) is 8.49. The predicted octanol–water partition coefficient (Wildman–Crippen LogP) is 3.45. The Balaban J connectivity index is 1.88. The van der Waals surface area contributed by atoms with Crippen LogP contribution in [0.2, 0.25) is 0 Å². The molecular weight excluding hydrogens is 348 g/mol. The number of ether oxygens (including phenoxy) is 2. The lowest BCUT2D eigenvalue weighted by Crippen LogP contribution is -2.43. The van der Waals surface area contributed by atoms with Gasteiger partial charge in [-0.05, 0) is 58.7 Å².